The number of carbonyl (C=O) groups is 1. The largest absolute Gasteiger partial charge is 0.465 e. The molecule has 0 radical (unpaired) electrons. The molecule has 1 aromatic carbocycles. The predicted octanol–water partition coefficient (Wildman–Crippen LogP) is 3.66. The minimum Gasteiger partial charge on any atom is -0.465 e. The van der Waals surface area contributed by atoms with Crippen molar-refractivity contribution in [1.29, 1.82) is 0 Å². The summed E-state index contributed by atoms with van der Waals surface area (Å²) in [6.07, 6.45) is 2.28. The van der Waals surface area contributed by atoms with Gasteiger partial charge in [0.05, 0.1) is 19.2 Å². The fraction of sp³-hybridized carbons (Fsp3) is 0.619. The number of esters is 1. The maximum absolute atomic E-state index is 11.5. The van der Waals surface area contributed by atoms with Crippen molar-refractivity contribution < 1.29 is 9.53 Å². The average molecular weight is 504 g/mol. The highest BCUT2D eigenvalue weighted by atomic mass is 127. The maximum atomic E-state index is 11.5. The molecule has 0 bridgehead atoms. The van der Waals surface area contributed by atoms with Crippen LogP contribution >= 0.6 is 24.0 Å². The Kier molecular flexibility index (Phi) is 14.8. The number of hydrogen-bond donors (Lipinski definition) is 2. The number of nitrogens with zero attached hydrogens (tertiary/aromatic N) is 2. The van der Waals surface area contributed by atoms with Gasteiger partial charge in [-0.15, -0.1) is 24.0 Å². The highest BCUT2D eigenvalue weighted by Gasteiger charge is 2.07. The summed E-state index contributed by atoms with van der Waals surface area (Å²) < 4.78 is 4.72. The predicted molar refractivity (Wildman–Crippen MR) is 128 cm³/mol. The molecule has 0 heterocycles. The van der Waals surface area contributed by atoms with E-state index in [-0.39, 0.29) is 29.9 Å². The van der Waals surface area contributed by atoms with Crippen molar-refractivity contribution in [3.8, 4) is 0 Å². The first-order valence-corrected chi connectivity index (χ1v) is 9.98. The normalized spacial score (nSPS) is 12.3. The van der Waals surface area contributed by atoms with Crippen molar-refractivity contribution >= 4 is 35.9 Å². The molecule has 1 unspecified atom stereocenters. The second kappa shape index (κ2) is 15.6. The van der Waals surface area contributed by atoms with Gasteiger partial charge in [-0.25, -0.2) is 9.79 Å². The molecule has 2 N–H and O–H groups in total. The average Bonchev–Trinajstić information content (AvgIpc) is 2.69. The summed E-state index contributed by atoms with van der Waals surface area (Å²) >= 11 is 0. The summed E-state index contributed by atoms with van der Waals surface area (Å²) in [5, 5.41) is 6.78. The third-order valence-electron chi connectivity index (χ3n) is 4.53. The van der Waals surface area contributed by atoms with E-state index in [1.165, 1.54) is 13.5 Å². The highest BCUT2D eigenvalue weighted by Crippen LogP contribution is 2.07. The highest BCUT2D eigenvalue weighted by molar-refractivity contribution is 14.0. The van der Waals surface area contributed by atoms with Crippen LogP contribution in [-0.4, -0.2) is 56.2 Å². The van der Waals surface area contributed by atoms with Gasteiger partial charge in [0, 0.05) is 12.6 Å². The quantitative estimate of drug-likeness (QED) is 0.209. The van der Waals surface area contributed by atoms with E-state index >= 15 is 0 Å². The van der Waals surface area contributed by atoms with Crippen molar-refractivity contribution in [3.63, 3.8) is 0 Å². The van der Waals surface area contributed by atoms with Gasteiger partial charge >= 0.3 is 5.97 Å². The molecule has 0 fully saturated rings. The molecule has 0 spiro atoms. The van der Waals surface area contributed by atoms with Gasteiger partial charge in [-0.2, -0.15) is 0 Å². The molecule has 0 aliphatic carbocycles. The molecular weight excluding hydrogens is 467 g/mol. The number of rotatable bonds is 11. The third kappa shape index (κ3) is 10.3. The molecule has 28 heavy (non-hydrogen) atoms. The second-order valence-corrected chi connectivity index (χ2v) is 6.60. The monoisotopic (exact) mass is 504 g/mol. The third-order valence-corrected chi connectivity index (χ3v) is 4.53. The Labute approximate surface area is 187 Å². The van der Waals surface area contributed by atoms with Crippen molar-refractivity contribution in [1.82, 2.24) is 15.5 Å². The fourth-order valence-corrected chi connectivity index (χ4v) is 2.82. The number of nitrogens with one attached hydrogen (secondary N) is 2. The zero-order valence-corrected chi connectivity index (χ0v) is 20.3. The zero-order chi connectivity index (χ0) is 20.1. The molecule has 0 aliphatic rings. The topological polar surface area (TPSA) is 66.0 Å². The van der Waals surface area contributed by atoms with Gasteiger partial charge in [0.25, 0.3) is 0 Å². The summed E-state index contributed by atoms with van der Waals surface area (Å²) in [5.41, 5.74) is 1.60. The number of guanidine groups is 1. The van der Waals surface area contributed by atoms with E-state index in [1.54, 1.807) is 12.1 Å². The van der Waals surface area contributed by atoms with Gasteiger partial charge in [0.2, 0.25) is 0 Å². The summed E-state index contributed by atoms with van der Waals surface area (Å²) in [4.78, 5) is 18.6. The van der Waals surface area contributed by atoms with Crippen molar-refractivity contribution in [2.24, 2.45) is 4.99 Å². The van der Waals surface area contributed by atoms with Crippen LogP contribution in [0.4, 0.5) is 0 Å². The summed E-state index contributed by atoms with van der Waals surface area (Å²) in [6.45, 7) is 13.4. The molecule has 1 atom stereocenters. The number of halogens is 1. The summed E-state index contributed by atoms with van der Waals surface area (Å²) in [5.74, 6) is 0.503. The van der Waals surface area contributed by atoms with E-state index < -0.39 is 0 Å². The first-order valence-electron chi connectivity index (χ1n) is 9.98. The van der Waals surface area contributed by atoms with Gasteiger partial charge in [-0.1, -0.05) is 26.0 Å². The lowest BCUT2D eigenvalue weighted by atomic mass is 10.1. The number of hydrogen-bond acceptors (Lipinski definition) is 4. The van der Waals surface area contributed by atoms with Crippen molar-refractivity contribution in [3.05, 3.63) is 35.4 Å². The molecule has 160 valence electrons. The van der Waals surface area contributed by atoms with E-state index in [4.69, 9.17) is 4.74 Å². The Bertz CT molecular complexity index is 574. The molecule has 0 amide bonds. The minimum absolute atomic E-state index is 0. The van der Waals surface area contributed by atoms with E-state index in [0.29, 0.717) is 18.2 Å². The van der Waals surface area contributed by atoms with Gasteiger partial charge in [-0.05, 0) is 64.0 Å². The van der Waals surface area contributed by atoms with Crippen LogP contribution in [0.5, 0.6) is 0 Å². The molecule has 0 saturated heterocycles. The molecular formula is C21H37IN4O2. The lowest BCUT2D eigenvalue weighted by Crippen LogP contribution is -2.42. The Balaban J connectivity index is 0.00000729. The zero-order valence-electron chi connectivity index (χ0n) is 18.0. The van der Waals surface area contributed by atoms with Crippen LogP contribution in [0.2, 0.25) is 0 Å². The number of aliphatic imine (C=N–C) groups is 1. The number of benzene rings is 1. The van der Waals surface area contributed by atoms with Crippen LogP contribution in [0.25, 0.3) is 0 Å². The smallest absolute Gasteiger partial charge is 0.337 e. The van der Waals surface area contributed by atoms with E-state index in [0.717, 1.165) is 44.1 Å². The van der Waals surface area contributed by atoms with Crippen LogP contribution < -0.4 is 10.6 Å². The number of carbonyl (C=O) groups excluding carboxylic acids is 1. The molecule has 0 aromatic heterocycles. The second-order valence-electron chi connectivity index (χ2n) is 6.60. The van der Waals surface area contributed by atoms with Gasteiger partial charge in [0.1, 0.15) is 0 Å². The van der Waals surface area contributed by atoms with Crippen LogP contribution in [0.1, 0.15) is 56.5 Å². The lowest BCUT2D eigenvalue weighted by Gasteiger charge is -2.21. The van der Waals surface area contributed by atoms with Crippen LogP contribution in [0.3, 0.4) is 0 Å². The van der Waals surface area contributed by atoms with Gasteiger partial charge in [-0.3, -0.25) is 0 Å². The van der Waals surface area contributed by atoms with Crippen LogP contribution in [-0.2, 0) is 11.3 Å². The summed E-state index contributed by atoms with van der Waals surface area (Å²) in [7, 11) is 1.39. The maximum Gasteiger partial charge on any atom is 0.337 e. The Hall–Kier alpha value is -1.35. The molecule has 1 rings (SSSR count). The van der Waals surface area contributed by atoms with Crippen molar-refractivity contribution in [2.75, 3.05) is 33.3 Å². The number of methoxy groups -OCH3 is 1. The van der Waals surface area contributed by atoms with Crippen molar-refractivity contribution in [2.45, 2.75) is 53.1 Å². The molecule has 0 aliphatic heterocycles. The first kappa shape index (κ1) is 26.6. The van der Waals surface area contributed by atoms with Gasteiger partial charge < -0.3 is 20.3 Å². The molecule has 1 aromatic rings. The standard InChI is InChI=1S/C21H36N4O2.HI/c1-6-22-21(24-17(4)10-9-15-25(7-2)8-3)23-16-18-11-13-19(14-12-18)20(26)27-5;/h11-14,17H,6-10,15-16H2,1-5H3,(H2,22,23,24);1H. The van der Waals surface area contributed by atoms with E-state index in [2.05, 4.69) is 48.2 Å². The SMILES string of the molecule is CCNC(=NCc1ccc(C(=O)OC)cc1)NC(C)CCCN(CC)CC.I. The number of ether oxygens (including phenoxy) is 1. The van der Waals surface area contributed by atoms with E-state index in [1.807, 2.05) is 12.1 Å². The molecule has 6 nitrogen and oxygen atoms in total. The minimum atomic E-state index is -0.321. The van der Waals surface area contributed by atoms with E-state index in [9.17, 15) is 4.79 Å². The van der Waals surface area contributed by atoms with Gasteiger partial charge in [0.15, 0.2) is 5.96 Å². The summed E-state index contributed by atoms with van der Waals surface area (Å²) in [6, 6.07) is 7.72. The Morgan fingerprint density at radius 1 is 1.18 bits per heavy atom. The van der Waals surface area contributed by atoms with Crippen LogP contribution in [0.15, 0.2) is 29.3 Å². The Morgan fingerprint density at radius 2 is 1.82 bits per heavy atom. The Morgan fingerprint density at radius 3 is 2.36 bits per heavy atom. The fourth-order valence-electron chi connectivity index (χ4n) is 2.82. The van der Waals surface area contributed by atoms with Crippen LogP contribution in [0, 0.1) is 0 Å². The molecule has 0 saturated carbocycles. The molecule has 7 heteroatoms. The first-order chi connectivity index (χ1) is 13.0. The lowest BCUT2D eigenvalue weighted by molar-refractivity contribution is 0.0600.